The lowest BCUT2D eigenvalue weighted by atomic mass is 10.1. The van der Waals surface area contributed by atoms with Gasteiger partial charge in [-0.15, -0.1) is 0 Å². The second-order valence-electron chi connectivity index (χ2n) is 4.34. The Morgan fingerprint density at radius 2 is 2.41 bits per heavy atom. The number of piperidine rings is 1. The Kier molecular flexibility index (Phi) is 4.14. The zero-order chi connectivity index (χ0) is 12.1. The molecule has 94 valence electrons. The van der Waals surface area contributed by atoms with Crippen molar-refractivity contribution in [3.05, 3.63) is 22.2 Å². The predicted molar refractivity (Wildman–Crippen MR) is 65.4 cm³/mol. The first-order chi connectivity index (χ1) is 8.28. The van der Waals surface area contributed by atoms with E-state index in [0.29, 0.717) is 30.8 Å². The number of nitrogens with zero attached hydrogens (tertiary/aromatic N) is 1. The van der Waals surface area contributed by atoms with Crippen molar-refractivity contribution in [2.75, 3.05) is 13.2 Å². The molecule has 5 heteroatoms. The van der Waals surface area contributed by atoms with Gasteiger partial charge < -0.3 is 15.0 Å². The van der Waals surface area contributed by atoms with Gasteiger partial charge in [0, 0.05) is 12.5 Å². The lowest BCUT2D eigenvalue weighted by Crippen LogP contribution is -2.38. The largest absolute Gasteiger partial charge is 0.476 e. The molecule has 0 bridgehead atoms. The van der Waals surface area contributed by atoms with Gasteiger partial charge in [-0.05, 0) is 19.4 Å². The van der Waals surface area contributed by atoms with Crippen LogP contribution < -0.4 is 15.6 Å². The third kappa shape index (κ3) is 3.56. The average Bonchev–Trinajstić information content (AvgIpc) is 2.37. The molecule has 1 fully saturated rings. The highest BCUT2D eigenvalue weighted by atomic mass is 16.5. The highest BCUT2D eigenvalue weighted by Gasteiger charge is 2.13. The number of hydrogen-bond donors (Lipinski definition) is 2. The van der Waals surface area contributed by atoms with E-state index in [1.165, 1.54) is 18.9 Å². The van der Waals surface area contributed by atoms with Crippen LogP contribution in [0.25, 0.3) is 0 Å². The third-order valence-electron chi connectivity index (χ3n) is 2.95. The number of H-pyrrole nitrogens is 1. The van der Waals surface area contributed by atoms with Gasteiger partial charge in [-0.25, -0.2) is 4.98 Å². The molecule has 2 N–H and O–H groups in total. The van der Waals surface area contributed by atoms with Gasteiger partial charge in [0.25, 0.3) is 5.56 Å². The summed E-state index contributed by atoms with van der Waals surface area (Å²) < 4.78 is 5.58. The first-order valence-electron chi connectivity index (χ1n) is 6.24. The van der Waals surface area contributed by atoms with Crippen LogP contribution >= 0.6 is 0 Å². The predicted octanol–water partition coefficient (Wildman–Crippen LogP) is 0.853. The van der Waals surface area contributed by atoms with Gasteiger partial charge in [0.15, 0.2) is 0 Å². The molecule has 1 aromatic rings. The van der Waals surface area contributed by atoms with Crippen molar-refractivity contribution in [1.82, 2.24) is 15.3 Å². The Bertz CT molecular complexity index is 410. The molecule has 17 heavy (non-hydrogen) atoms. The van der Waals surface area contributed by atoms with Crippen LogP contribution in [0.1, 0.15) is 32.0 Å². The number of ether oxygens (including phenoxy) is 1. The minimum absolute atomic E-state index is 0.150. The van der Waals surface area contributed by atoms with Crippen molar-refractivity contribution < 1.29 is 4.74 Å². The quantitative estimate of drug-likeness (QED) is 0.815. The normalized spacial score (nSPS) is 20.2. The first-order valence-corrected chi connectivity index (χ1v) is 6.24. The summed E-state index contributed by atoms with van der Waals surface area (Å²) in [5.74, 6) is 1.10. The van der Waals surface area contributed by atoms with Crippen LogP contribution in [0.4, 0.5) is 0 Å². The first kappa shape index (κ1) is 12.1. The molecule has 0 aromatic carbocycles. The van der Waals surface area contributed by atoms with Crippen molar-refractivity contribution in [2.24, 2.45) is 0 Å². The number of aromatic nitrogens is 2. The zero-order valence-electron chi connectivity index (χ0n) is 10.2. The van der Waals surface area contributed by atoms with Gasteiger partial charge in [0.1, 0.15) is 12.4 Å². The minimum Gasteiger partial charge on any atom is -0.476 e. The Balaban J connectivity index is 1.93. The van der Waals surface area contributed by atoms with Crippen molar-refractivity contribution >= 4 is 0 Å². The fourth-order valence-electron chi connectivity index (χ4n) is 1.98. The fraction of sp³-hybridized carbons (Fsp3) is 0.667. The lowest BCUT2D eigenvalue weighted by molar-refractivity contribution is 0.231. The summed E-state index contributed by atoms with van der Waals surface area (Å²) >= 11 is 0. The van der Waals surface area contributed by atoms with E-state index in [1.54, 1.807) is 0 Å². The molecule has 0 aliphatic carbocycles. The van der Waals surface area contributed by atoms with Crippen LogP contribution in [0.15, 0.2) is 10.9 Å². The summed E-state index contributed by atoms with van der Waals surface area (Å²) in [6, 6.07) is 1.79. The molecule has 1 saturated heterocycles. The smallest absolute Gasteiger partial charge is 0.254 e. The van der Waals surface area contributed by atoms with Crippen molar-refractivity contribution in [2.45, 2.75) is 38.6 Å². The molecule has 0 spiro atoms. The molecule has 2 rings (SSSR count). The molecule has 1 aliphatic heterocycles. The topological polar surface area (TPSA) is 67.0 Å². The molecule has 1 aliphatic rings. The molecular weight excluding hydrogens is 218 g/mol. The monoisotopic (exact) mass is 237 g/mol. The maximum atomic E-state index is 11.3. The summed E-state index contributed by atoms with van der Waals surface area (Å²) in [6.45, 7) is 3.58. The van der Waals surface area contributed by atoms with Gasteiger partial charge >= 0.3 is 0 Å². The molecule has 0 radical (unpaired) electrons. The van der Waals surface area contributed by atoms with E-state index in [1.807, 2.05) is 6.92 Å². The molecule has 1 unspecified atom stereocenters. The Hall–Kier alpha value is -1.36. The number of aromatic amines is 1. The van der Waals surface area contributed by atoms with Crippen LogP contribution in [-0.4, -0.2) is 29.2 Å². The summed E-state index contributed by atoms with van der Waals surface area (Å²) in [5, 5.41) is 3.39. The van der Waals surface area contributed by atoms with Gasteiger partial charge in [-0.2, -0.15) is 0 Å². The number of nitrogens with one attached hydrogen (secondary N) is 2. The highest BCUT2D eigenvalue weighted by molar-refractivity contribution is 5.09. The second kappa shape index (κ2) is 5.82. The van der Waals surface area contributed by atoms with E-state index in [4.69, 9.17) is 4.74 Å². The molecule has 1 atom stereocenters. The standard InChI is InChI=1S/C12H19N3O2/c1-2-10-14-11(16)7-12(15-10)17-8-9-5-3-4-6-13-9/h7,9,13H,2-6,8H2,1H3,(H,14,15,16). The van der Waals surface area contributed by atoms with Crippen LogP contribution in [0.5, 0.6) is 5.88 Å². The fourth-order valence-corrected chi connectivity index (χ4v) is 1.98. The Morgan fingerprint density at radius 3 is 3.12 bits per heavy atom. The second-order valence-corrected chi connectivity index (χ2v) is 4.34. The van der Waals surface area contributed by atoms with Crippen molar-refractivity contribution in [1.29, 1.82) is 0 Å². The highest BCUT2D eigenvalue weighted by Crippen LogP contribution is 2.09. The maximum Gasteiger partial charge on any atom is 0.254 e. The number of rotatable bonds is 4. The van der Waals surface area contributed by atoms with Crippen LogP contribution in [0.3, 0.4) is 0 Å². The number of hydrogen-bond acceptors (Lipinski definition) is 4. The Morgan fingerprint density at radius 1 is 1.53 bits per heavy atom. The Labute approximate surface area is 101 Å². The summed E-state index contributed by atoms with van der Waals surface area (Å²) in [5.41, 5.74) is -0.150. The summed E-state index contributed by atoms with van der Waals surface area (Å²) in [6.07, 6.45) is 4.31. The van der Waals surface area contributed by atoms with Crippen molar-refractivity contribution in [3.8, 4) is 5.88 Å². The molecule has 0 amide bonds. The minimum atomic E-state index is -0.150. The van der Waals surface area contributed by atoms with Crippen LogP contribution in [0, 0.1) is 0 Å². The van der Waals surface area contributed by atoms with Crippen LogP contribution in [0.2, 0.25) is 0 Å². The van der Waals surface area contributed by atoms with Gasteiger partial charge in [0.05, 0.1) is 6.07 Å². The van der Waals surface area contributed by atoms with E-state index in [2.05, 4.69) is 15.3 Å². The van der Waals surface area contributed by atoms with Gasteiger partial charge in [-0.3, -0.25) is 4.79 Å². The van der Waals surface area contributed by atoms with E-state index >= 15 is 0 Å². The molecule has 1 aromatic heterocycles. The summed E-state index contributed by atoms with van der Waals surface area (Å²) in [4.78, 5) is 18.2. The van der Waals surface area contributed by atoms with E-state index in [0.717, 1.165) is 13.0 Å². The van der Waals surface area contributed by atoms with E-state index in [-0.39, 0.29) is 5.56 Å². The molecule has 2 heterocycles. The third-order valence-corrected chi connectivity index (χ3v) is 2.95. The summed E-state index contributed by atoms with van der Waals surface area (Å²) in [7, 11) is 0. The van der Waals surface area contributed by atoms with Gasteiger partial charge in [-0.1, -0.05) is 13.3 Å². The average molecular weight is 237 g/mol. The lowest BCUT2D eigenvalue weighted by Gasteiger charge is -2.23. The van der Waals surface area contributed by atoms with E-state index in [9.17, 15) is 4.79 Å². The molecule has 5 nitrogen and oxygen atoms in total. The SMILES string of the molecule is CCc1nc(OCC2CCCCN2)cc(=O)[nH]1. The maximum absolute atomic E-state index is 11.3. The van der Waals surface area contributed by atoms with Gasteiger partial charge in [0.2, 0.25) is 5.88 Å². The zero-order valence-corrected chi connectivity index (χ0v) is 10.2. The number of aryl methyl sites for hydroxylation is 1. The molecule has 0 saturated carbocycles. The van der Waals surface area contributed by atoms with Crippen molar-refractivity contribution in [3.63, 3.8) is 0 Å². The van der Waals surface area contributed by atoms with E-state index < -0.39 is 0 Å². The molecular formula is C12H19N3O2. The van der Waals surface area contributed by atoms with Crippen LogP contribution in [-0.2, 0) is 6.42 Å².